The second kappa shape index (κ2) is 12.3. The van der Waals surface area contributed by atoms with Crippen LogP contribution in [0.25, 0.3) is 16.8 Å². The maximum atomic E-state index is 12.8. The third kappa shape index (κ3) is 6.30. The number of nitriles is 1. The number of hydrogen-bond acceptors (Lipinski definition) is 5. The van der Waals surface area contributed by atoms with Gasteiger partial charge in [-0.1, -0.05) is 48.5 Å². The lowest BCUT2D eigenvalue weighted by Crippen LogP contribution is -2.14. The summed E-state index contributed by atoms with van der Waals surface area (Å²) in [6.45, 7) is 2.61. The van der Waals surface area contributed by atoms with Gasteiger partial charge in [-0.05, 0) is 87.8 Å². The monoisotopic (exact) mass is 618 g/mol. The molecule has 0 fully saturated rings. The molecule has 38 heavy (non-hydrogen) atoms. The standard InChI is InChI=1S/C30H23IN2O5/c1-2-37-27-15-19(13-23(17-32)29(34)33-24-11-6-9-21(16-24)30(35)36)14-26(31)28(27)38-18-22-10-5-8-20-7-3-4-12-25(20)22/h3-16H,2,18H2,1H3,(H,33,34)(H,35,36)/b23-13+. The number of anilines is 1. The molecule has 7 nitrogen and oxygen atoms in total. The summed E-state index contributed by atoms with van der Waals surface area (Å²) in [4.78, 5) is 24.0. The van der Waals surface area contributed by atoms with Crippen molar-refractivity contribution in [3.63, 3.8) is 0 Å². The smallest absolute Gasteiger partial charge is 0.335 e. The zero-order chi connectivity index (χ0) is 27.1. The van der Waals surface area contributed by atoms with Gasteiger partial charge in [0.25, 0.3) is 5.91 Å². The summed E-state index contributed by atoms with van der Waals surface area (Å²) < 4.78 is 12.8. The van der Waals surface area contributed by atoms with Crippen LogP contribution in [0, 0.1) is 14.9 Å². The van der Waals surface area contributed by atoms with Crippen molar-refractivity contribution in [1.29, 1.82) is 5.26 Å². The fourth-order valence-electron chi connectivity index (χ4n) is 3.89. The third-order valence-electron chi connectivity index (χ3n) is 5.63. The summed E-state index contributed by atoms with van der Waals surface area (Å²) in [6, 6.07) is 25.4. The number of carbonyl (C=O) groups is 2. The van der Waals surface area contributed by atoms with E-state index in [1.807, 2.05) is 37.3 Å². The van der Waals surface area contributed by atoms with Crippen LogP contribution in [0.15, 0.2) is 84.4 Å². The average Bonchev–Trinajstić information content (AvgIpc) is 2.91. The highest BCUT2D eigenvalue weighted by Crippen LogP contribution is 2.36. The molecule has 0 aliphatic carbocycles. The molecule has 0 heterocycles. The lowest BCUT2D eigenvalue weighted by molar-refractivity contribution is -0.112. The Labute approximate surface area is 233 Å². The Kier molecular flexibility index (Phi) is 8.61. The van der Waals surface area contributed by atoms with Crippen molar-refractivity contribution in [3.05, 3.63) is 105 Å². The molecule has 0 saturated heterocycles. The van der Waals surface area contributed by atoms with Gasteiger partial charge >= 0.3 is 5.97 Å². The second-order valence-electron chi connectivity index (χ2n) is 8.20. The molecular formula is C30H23IN2O5. The Balaban J connectivity index is 1.58. The zero-order valence-electron chi connectivity index (χ0n) is 20.4. The van der Waals surface area contributed by atoms with Gasteiger partial charge in [0, 0.05) is 5.69 Å². The highest BCUT2D eigenvalue weighted by atomic mass is 127. The number of nitrogens with one attached hydrogen (secondary N) is 1. The number of aromatic carboxylic acids is 1. The molecule has 0 aromatic heterocycles. The van der Waals surface area contributed by atoms with Crippen molar-refractivity contribution in [2.75, 3.05) is 11.9 Å². The molecule has 0 bridgehead atoms. The third-order valence-corrected chi connectivity index (χ3v) is 6.43. The first-order valence-electron chi connectivity index (χ1n) is 11.7. The van der Waals surface area contributed by atoms with E-state index in [0.717, 1.165) is 19.9 Å². The van der Waals surface area contributed by atoms with Crippen molar-refractivity contribution >= 4 is 57.0 Å². The Morgan fingerprint density at radius 2 is 1.79 bits per heavy atom. The topological polar surface area (TPSA) is 109 Å². The van der Waals surface area contributed by atoms with Crippen LogP contribution in [0.3, 0.4) is 0 Å². The van der Waals surface area contributed by atoms with E-state index in [2.05, 4.69) is 46.1 Å². The van der Waals surface area contributed by atoms with Crippen molar-refractivity contribution in [2.24, 2.45) is 0 Å². The molecule has 2 N–H and O–H groups in total. The lowest BCUT2D eigenvalue weighted by Gasteiger charge is -2.16. The fraction of sp³-hybridized carbons (Fsp3) is 0.100. The quantitative estimate of drug-likeness (QED) is 0.123. The molecule has 4 aromatic carbocycles. The van der Waals surface area contributed by atoms with Gasteiger partial charge in [-0.15, -0.1) is 0 Å². The van der Waals surface area contributed by atoms with Crippen LogP contribution in [0.1, 0.15) is 28.4 Å². The number of amides is 1. The van der Waals surface area contributed by atoms with Gasteiger partial charge in [0.2, 0.25) is 0 Å². The number of carboxylic acids is 1. The minimum Gasteiger partial charge on any atom is -0.490 e. The van der Waals surface area contributed by atoms with Crippen molar-refractivity contribution in [1.82, 2.24) is 0 Å². The number of carboxylic acid groups (broad SMARTS) is 1. The number of carbonyl (C=O) groups excluding carboxylic acids is 1. The van der Waals surface area contributed by atoms with E-state index in [0.29, 0.717) is 30.3 Å². The minimum atomic E-state index is -1.11. The average molecular weight is 618 g/mol. The molecule has 0 spiro atoms. The largest absolute Gasteiger partial charge is 0.490 e. The van der Waals surface area contributed by atoms with Crippen LogP contribution >= 0.6 is 22.6 Å². The molecule has 0 aliphatic rings. The van der Waals surface area contributed by atoms with Crippen LogP contribution in [-0.2, 0) is 11.4 Å². The molecule has 0 radical (unpaired) electrons. The number of halogens is 1. The van der Waals surface area contributed by atoms with Gasteiger partial charge in [0.1, 0.15) is 18.2 Å². The summed E-state index contributed by atoms with van der Waals surface area (Å²) in [6.07, 6.45) is 1.45. The Morgan fingerprint density at radius 3 is 2.55 bits per heavy atom. The molecule has 0 aliphatic heterocycles. The summed E-state index contributed by atoms with van der Waals surface area (Å²) in [5.74, 6) is -0.694. The molecule has 8 heteroatoms. The molecular weight excluding hydrogens is 595 g/mol. The van der Waals surface area contributed by atoms with Gasteiger partial charge in [0.15, 0.2) is 11.5 Å². The molecule has 0 unspecified atom stereocenters. The first-order valence-corrected chi connectivity index (χ1v) is 12.8. The predicted molar refractivity (Wildman–Crippen MR) is 154 cm³/mol. The number of hydrogen-bond donors (Lipinski definition) is 2. The van der Waals surface area contributed by atoms with E-state index in [4.69, 9.17) is 14.6 Å². The van der Waals surface area contributed by atoms with Gasteiger partial charge in [0.05, 0.1) is 15.7 Å². The van der Waals surface area contributed by atoms with Crippen molar-refractivity contribution in [2.45, 2.75) is 13.5 Å². The number of ether oxygens (including phenoxy) is 2. The van der Waals surface area contributed by atoms with Gasteiger partial charge in [-0.2, -0.15) is 5.26 Å². The predicted octanol–water partition coefficient (Wildman–Crippen LogP) is 6.67. The summed E-state index contributed by atoms with van der Waals surface area (Å²) in [7, 11) is 0. The van der Waals surface area contributed by atoms with E-state index < -0.39 is 11.9 Å². The molecule has 1 amide bonds. The minimum absolute atomic E-state index is 0.0280. The normalized spacial score (nSPS) is 11.0. The molecule has 0 saturated carbocycles. The van der Waals surface area contributed by atoms with Gasteiger partial charge in [-0.25, -0.2) is 4.79 Å². The van der Waals surface area contributed by atoms with E-state index >= 15 is 0 Å². The Bertz CT molecular complexity index is 1580. The molecule has 4 aromatic rings. The summed E-state index contributed by atoms with van der Waals surface area (Å²) in [5, 5.41) is 23.6. The van der Waals surface area contributed by atoms with Crippen molar-refractivity contribution < 1.29 is 24.2 Å². The first-order chi connectivity index (χ1) is 18.4. The van der Waals surface area contributed by atoms with Crippen LogP contribution < -0.4 is 14.8 Å². The van der Waals surface area contributed by atoms with E-state index in [1.54, 1.807) is 18.2 Å². The lowest BCUT2D eigenvalue weighted by atomic mass is 10.1. The summed E-state index contributed by atoms with van der Waals surface area (Å²) >= 11 is 2.14. The van der Waals surface area contributed by atoms with E-state index in [1.165, 1.54) is 24.3 Å². The van der Waals surface area contributed by atoms with Crippen LogP contribution in [0.2, 0.25) is 0 Å². The SMILES string of the molecule is CCOc1cc(/C=C(\C#N)C(=O)Nc2cccc(C(=O)O)c2)cc(I)c1OCc1cccc2ccccc12. The maximum absolute atomic E-state index is 12.8. The van der Waals surface area contributed by atoms with Gasteiger partial charge < -0.3 is 19.9 Å². The van der Waals surface area contributed by atoms with E-state index in [9.17, 15) is 14.9 Å². The highest BCUT2D eigenvalue weighted by molar-refractivity contribution is 14.1. The second-order valence-corrected chi connectivity index (χ2v) is 9.36. The van der Waals surface area contributed by atoms with Crippen LogP contribution in [0.5, 0.6) is 11.5 Å². The van der Waals surface area contributed by atoms with Crippen LogP contribution in [-0.4, -0.2) is 23.6 Å². The molecule has 190 valence electrons. The maximum Gasteiger partial charge on any atom is 0.335 e. The first kappa shape index (κ1) is 26.7. The van der Waals surface area contributed by atoms with Gasteiger partial charge in [-0.3, -0.25) is 4.79 Å². The number of benzene rings is 4. The number of nitrogens with zero attached hydrogens (tertiary/aromatic N) is 1. The Hall–Kier alpha value is -4.36. The Morgan fingerprint density at radius 1 is 1.03 bits per heavy atom. The fourth-order valence-corrected chi connectivity index (χ4v) is 4.67. The molecule has 4 rings (SSSR count). The van der Waals surface area contributed by atoms with Crippen LogP contribution in [0.4, 0.5) is 5.69 Å². The molecule has 0 atom stereocenters. The van der Waals surface area contributed by atoms with Crippen molar-refractivity contribution in [3.8, 4) is 17.6 Å². The zero-order valence-corrected chi connectivity index (χ0v) is 22.6. The summed E-state index contributed by atoms with van der Waals surface area (Å²) in [5.41, 5.74) is 1.79. The number of rotatable bonds is 9. The number of fused-ring (bicyclic) bond motifs is 1. The van der Waals surface area contributed by atoms with E-state index in [-0.39, 0.29) is 16.8 Å². The highest BCUT2D eigenvalue weighted by Gasteiger charge is 2.16.